The maximum Gasteiger partial charge on any atom is 0.331 e. The van der Waals surface area contributed by atoms with Crippen LogP contribution in [0.25, 0.3) is 11.0 Å². The lowest BCUT2D eigenvalue weighted by Crippen LogP contribution is -2.32. The molecule has 1 fully saturated rings. The largest absolute Gasteiger partial charge is 0.342 e. The zero-order valence-corrected chi connectivity index (χ0v) is 17.1. The predicted molar refractivity (Wildman–Crippen MR) is 117 cm³/mol. The van der Waals surface area contributed by atoms with Gasteiger partial charge >= 0.3 is 6.03 Å². The van der Waals surface area contributed by atoms with E-state index in [1.807, 2.05) is 40.7 Å². The number of nitrogens with zero attached hydrogens (tertiary/aromatic N) is 2. The molecule has 2 aromatic carbocycles. The Morgan fingerprint density at radius 1 is 1.21 bits per heavy atom. The zero-order valence-electron chi connectivity index (χ0n) is 15.5. The van der Waals surface area contributed by atoms with Crippen LogP contribution in [-0.4, -0.2) is 32.1 Å². The molecule has 1 saturated carbocycles. The molecule has 0 unspecified atom stereocenters. The summed E-state index contributed by atoms with van der Waals surface area (Å²) in [5.41, 5.74) is 2.69. The number of fused-ring (bicyclic) bond motifs is 1. The van der Waals surface area contributed by atoms with Gasteiger partial charge in [-0.05, 0) is 55.1 Å². The maximum absolute atomic E-state index is 12.9. The number of rotatable bonds is 6. The number of halogens is 1. The Labute approximate surface area is 174 Å². The Balaban J connectivity index is 1.45. The summed E-state index contributed by atoms with van der Waals surface area (Å²) in [5, 5.41) is 4.08. The molecular weight excluding hydrogens is 392 g/mol. The SMILES string of the molecule is O=C(Nc1cccc(Cl)c1)N(CCc1nc2ccccc2[nH]1)SC1CCCC1. The van der Waals surface area contributed by atoms with Gasteiger partial charge in [0.05, 0.1) is 11.0 Å². The third-order valence-electron chi connectivity index (χ3n) is 4.87. The number of para-hydroxylation sites is 2. The molecule has 1 aromatic heterocycles. The molecule has 1 aliphatic rings. The van der Waals surface area contributed by atoms with Gasteiger partial charge in [-0.25, -0.2) is 9.78 Å². The van der Waals surface area contributed by atoms with Crippen LogP contribution in [0.15, 0.2) is 48.5 Å². The van der Waals surface area contributed by atoms with Crippen molar-refractivity contribution in [3.63, 3.8) is 0 Å². The van der Waals surface area contributed by atoms with Crippen molar-refractivity contribution in [2.24, 2.45) is 0 Å². The van der Waals surface area contributed by atoms with Crippen LogP contribution in [0.2, 0.25) is 5.02 Å². The van der Waals surface area contributed by atoms with Crippen LogP contribution in [0.1, 0.15) is 31.5 Å². The number of amides is 2. The van der Waals surface area contributed by atoms with Gasteiger partial charge in [0.25, 0.3) is 0 Å². The van der Waals surface area contributed by atoms with Crippen LogP contribution in [-0.2, 0) is 6.42 Å². The first-order chi connectivity index (χ1) is 13.7. The van der Waals surface area contributed by atoms with Gasteiger partial charge < -0.3 is 10.3 Å². The fraction of sp³-hybridized carbons (Fsp3) is 0.333. The molecule has 0 spiro atoms. The number of imidazole rings is 1. The molecule has 3 aromatic rings. The molecule has 5 nitrogen and oxygen atoms in total. The summed E-state index contributed by atoms with van der Waals surface area (Å²) in [7, 11) is 0. The minimum absolute atomic E-state index is 0.115. The molecule has 28 heavy (non-hydrogen) atoms. The number of carbonyl (C=O) groups is 1. The van der Waals surface area contributed by atoms with E-state index in [4.69, 9.17) is 11.6 Å². The molecule has 1 heterocycles. The number of benzene rings is 2. The fourth-order valence-electron chi connectivity index (χ4n) is 3.46. The molecule has 0 saturated heterocycles. The summed E-state index contributed by atoms with van der Waals surface area (Å²) >= 11 is 7.70. The first-order valence-corrected chi connectivity index (χ1v) is 10.8. The van der Waals surface area contributed by atoms with E-state index in [1.54, 1.807) is 24.1 Å². The highest BCUT2D eigenvalue weighted by Gasteiger charge is 2.23. The first-order valence-electron chi connectivity index (χ1n) is 9.62. The quantitative estimate of drug-likeness (QED) is 0.495. The number of H-pyrrole nitrogens is 1. The number of hydrogen-bond donors (Lipinski definition) is 2. The minimum Gasteiger partial charge on any atom is -0.342 e. The molecule has 0 bridgehead atoms. The Hall–Kier alpha value is -2.18. The monoisotopic (exact) mass is 414 g/mol. The lowest BCUT2D eigenvalue weighted by molar-refractivity contribution is 0.238. The van der Waals surface area contributed by atoms with E-state index in [0.717, 1.165) is 29.7 Å². The Morgan fingerprint density at radius 2 is 2.04 bits per heavy atom. The fourth-order valence-corrected chi connectivity index (χ4v) is 4.89. The number of nitrogens with one attached hydrogen (secondary N) is 2. The zero-order chi connectivity index (χ0) is 19.3. The number of urea groups is 1. The van der Waals surface area contributed by atoms with Gasteiger partial charge in [-0.15, -0.1) is 0 Å². The third-order valence-corrected chi connectivity index (χ3v) is 6.48. The standard InChI is InChI=1S/C21H23ClN4OS/c22-15-6-5-7-16(14-15)23-21(27)26(28-17-8-1-2-9-17)13-12-20-24-18-10-3-4-11-19(18)25-20/h3-7,10-11,14,17H,1-2,8-9,12-13H2,(H,23,27)(H,24,25). The molecule has 146 valence electrons. The maximum atomic E-state index is 12.9. The van der Waals surface area contributed by atoms with Gasteiger partial charge in [-0.3, -0.25) is 4.31 Å². The third kappa shape index (κ3) is 4.80. The van der Waals surface area contributed by atoms with Crippen LogP contribution < -0.4 is 5.32 Å². The highest BCUT2D eigenvalue weighted by atomic mass is 35.5. The molecule has 2 amide bonds. The van der Waals surface area contributed by atoms with E-state index < -0.39 is 0 Å². The lowest BCUT2D eigenvalue weighted by atomic mass is 10.3. The second-order valence-electron chi connectivity index (χ2n) is 7.01. The second kappa shape index (κ2) is 8.88. The van der Waals surface area contributed by atoms with Crippen LogP contribution in [0.4, 0.5) is 10.5 Å². The molecule has 2 N–H and O–H groups in total. The number of carbonyl (C=O) groups excluding carboxylic acids is 1. The number of aromatic nitrogens is 2. The van der Waals surface area contributed by atoms with Crippen molar-refractivity contribution < 1.29 is 4.79 Å². The van der Waals surface area contributed by atoms with Gasteiger partial charge in [-0.2, -0.15) is 0 Å². The predicted octanol–water partition coefficient (Wildman–Crippen LogP) is 5.88. The Bertz CT molecular complexity index is 921. The molecule has 0 atom stereocenters. The molecule has 0 radical (unpaired) electrons. The topological polar surface area (TPSA) is 61.0 Å². The molecular formula is C21H23ClN4OS. The van der Waals surface area contributed by atoms with Crippen LogP contribution in [0.5, 0.6) is 0 Å². The number of anilines is 1. The molecule has 4 rings (SSSR count). The number of hydrogen-bond acceptors (Lipinski definition) is 3. The van der Waals surface area contributed by atoms with Gasteiger partial charge in [-0.1, -0.05) is 42.6 Å². The Kier molecular flexibility index (Phi) is 6.07. The average Bonchev–Trinajstić information content (AvgIpc) is 3.34. The molecule has 0 aliphatic heterocycles. The average molecular weight is 415 g/mol. The van der Waals surface area contributed by atoms with E-state index in [-0.39, 0.29) is 6.03 Å². The number of aromatic amines is 1. The first kappa shape index (κ1) is 19.2. The van der Waals surface area contributed by atoms with Crippen molar-refractivity contribution in [3.8, 4) is 0 Å². The van der Waals surface area contributed by atoms with E-state index in [0.29, 0.717) is 28.9 Å². The summed E-state index contributed by atoms with van der Waals surface area (Å²) < 4.78 is 1.84. The van der Waals surface area contributed by atoms with E-state index in [1.165, 1.54) is 12.8 Å². The lowest BCUT2D eigenvalue weighted by Gasteiger charge is -2.24. The Morgan fingerprint density at radius 3 is 2.82 bits per heavy atom. The highest BCUT2D eigenvalue weighted by Crippen LogP contribution is 2.32. The van der Waals surface area contributed by atoms with Crippen LogP contribution in [0, 0.1) is 0 Å². The summed E-state index contributed by atoms with van der Waals surface area (Å²) in [6.45, 7) is 0.591. The van der Waals surface area contributed by atoms with Crippen molar-refractivity contribution in [2.75, 3.05) is 11.9 Å². The van der Waals surface area contributed by atoms with Crippen molar-refractivity contribution in [2.45, 2.75) is 37.4 Å². The van der Waals surface area contributed by atoms with Gasteiger partial charge in [0.15, 0.2) is 0 Å². The summed E-state index contributed by atoms with van der Waals surface area (Å²) in [6, 6.07) is 15.1. The second-order valence-corrected chi connectivity index (χ2v) is 8.76. The van der Waals surface area contributed by atoms with Crippen molar-refractivity contribution in [3.05, 3.63) is 59.4 Å². The van der Waals surface area contributed by atoms with Crippen molar-refractivity contribution in [1.82, 2.24) is 14.3 Å². The summed E-state index contributed by atoms with van der Waals surface area (Å²) in [6.07, 6.45) is 5.49. The van der Waals surface area contributed by atoms with Crippen molar-refractivity contribution in [1.29, 1.82) is 0 Å². The normalized spacial score (nSPS) is 14.5. The van der Waals surface area contributed by atoms with Gasteiger partial charge in [0, 0.05) is 28.9 Å². The highest BCUT2D eigenvalue weighted by molar-refractivity contribution is 7.98. The van der Waals surface area contributed by atoms with E-state index in [2.05, 4.69) is 15.3 Å². The van der Waals surface area contributed by atoms with Crippen LogP contribution >= 0.6 is 23.5 Å². The van der Waals surface area contributed by atoms with E-state index in [9.17, 15) is 4.79 Å². The smallest absolute Gasteiger partial charge is 0.331 e. The van der Waals surface area contributed by atoms with Crippen LogP contribution in [0.3, 0.4) is 0 Å². The van der Waals surface area contributed by atoms with E-state index >= 15 is 0 Å². The molecule has 7 heteroatoms. The minimum atomic E-state index is -0.115. The summed E-state index contributed by atoms with van der Waals surface area (Å²) in [4.78, 5) is 20.9. The van der Waals surface area contributed by atoms with Gasteiger partial charge in [0.1, 0.15) is 5.82 Å². The van der Waals surface area contributed by atoms with Gasteiger partial charge in [0.2, 0.25) is 0 Å². The van der Waals surface area contributed by atoms with Crippen molar-refractivity contribution >= 4 is 46.3 Å². The molecule has 1 aliphatic carbocycles. The summed E-state index contributed by atoms with van der Waals surface area (Å²) in [5.74, 6) is 0.897.